The Bertz CT molecular complexity index is 278. The van der Waals surface area contributed by atoms with Gasteiger partial charge in [0.2, 0.25) is 0 Å². The second-order valence-corrected chi connectivity index (χ2v) is 4.22. The average molecular weight is 213 g/mol. The molecule has 2 rings (SSSR count). The lowest BCUT2D eigenvalue weighted by atomic mass is 10.3. The van der Waals surface area contributed by atoms with Gasteiger partial charge in [-0.05, 0) is 11.4 Å². The summed E-state index contributed by atoms with van der Waals surface area (Å²) in [6.07, 6.45) is 0. The number of hydrogen-bond donors (Lipinski definition) is 0. The van der Waals surface area contributed by atoms with E-state index in [0.717, 1.165) is 31.3 Å². The minimum Gasteiger partial charge on any atom is -0.378 e. The number of hydrogen-bond acceptors (Lipinski definition) is 3. The van der Waals surface area contributed by atoms with Crippen LogP contribution in [0, 0.1) is 0 Å². The van der Waals surface area contributed by atoms with Gasteiger partial charge in [-0.2, -0.15) is 0 Å². The highest BCUT2D eigenvalue weighted by Gasteiger charge is 2.15. The number of nitrogens with zero attached hydrogens (tertiary/aromatic N) is 1. The van der Waals surface area contributed by atoms with Gasteiger partial charge in [-0.15, -0.1) is 11.3 Å². The van der Waals surface area contributed by atoms with Crippen LogP contribution < -0.4 is 0 Å². The van der Waals surface area contributed by atoms with E-state index >= 15 is 0 Å². The van der Waals surface area contributed by atoms with Crippen LogP contribution in [-0.4, -0.2) is 36.2 Å². The third-order valence-electron chi connectivity index (χ3n) is 2.03. The second kappa shape index (κ2) is 4.17. The molecular formula is C9H11NOS2. The fraction of sp³-hybridized carbons (Fsp3) is 0.444. The van der Waals surface area contributed by atoms with Crippen LogP contribution in [-0.2, 0) is 4.74 Å². The minimum absolute atomic E-state index is 0.797. The molecule has 4 heteroatoms. The molecule has 0 atom stereocenters. The second-order valence-electron chi connectivity index (χ2n) is 2.88. The molecule has 1 aromatic heterocycles. The Labute approximate surface area is 87.1 Å². The van der Waals surface area contributed by atoms with Crippen molar-refractivity contribution in [1.29, 1.82) is 0 Å². The van der Waals surface area contributed by atoms with E-state index in [0.29, 0.717) is 0 Å². The Morgan fingerprint density at radius 2 is 2.23 bits per heavy atom. The summed E-state index contributed by atoms with van der Waals surface area (Å²) < 4.78 is 5.27. The van der Waals surface area contributed by atoms with Gasteiger partial charge in [-0.25, -0.2) is 0 Å². The Balaban J connectivity index is 2.04. The summed E-state index contributed by atoms with van der Waals surface area (Å²) in [5.41, 5.74) is 0. The van der Waals surface area contributed by atoms with Crippen LogP contribution in [0.2, 0.25) is 0 Å². The van der Waals surface area contributed by atoms with Crippen molar-refractivity contribution in [2.24, 2.45) is 0 Å². The van der Waals surface area contributed by atoms with Crippen molar-refractivity contribution in [2.45, 2.75) is 0 Å². The van der Waals surface area contributed by atoms with Gasteiger partial charge in [0, 0.05) is 13.1 Å². The van der Waals surface area contributed by atoms with Crippen molar-refractivity contribution in [1.82, 2.24) is 4.90 Å². The molecule has 1 aliphatic rings. The van der Waals surface area contributed by atoms with Gasteiger partial charge in [0.25, 0.3) is 0 Å². The third kappa shape index (κ3) is 2.07. The molecule has 1 aromatic rings. The van der Waals surface area contributed by atoms with E-state index in [-0.39, 0.29) is 0 Å². The van der Waals surface area contributed by atoms with E-state index in [4.69, 9.17) is 17.0 Å². The molecule has 0 spiro atoms. The molecule has 0 saturated carbocycles. The van der Waals surface area contributed by atoms with Crippen molar-refractivity contribution >= 4 is 28.5 Å². The number of rotatable bonds is 1. The molecule has 1 saturated heterocycles. The quantitative estimate of drug-likeness (QED) is 0.660. The van der Waals surface area contributed by atoms with Crippen molar-refractivity contribution in [3.05, 3.63) is 22.4 Å². The molecule has 70 valence electrons. The summed E-state index contributed by atoms with van der Waals surface area (Å²) in [7, 11) is 0. The van der Waals surface area contributed by atoms with Crippen LogP contribution in [0.15, 0.2) is 17.5 Å². The Morgan fingerprint density at radius 3 is 2.85 bits per heavy atom. The average Bonchev–Trinajstić information content (AvgIpc) is 2.71. The zero-order valence-electron chi connectivity index (χ0n) is 7.23. The van der Waals surface area contributed by atoms with Crippen LogP contribution in [0.1, 0.15) is 4.88 Å². The zero-order chi connectivity index (χ0) is 9.10. The third-order valence-corrected chi connectivity index (χ3v) is 3.51. The Morgan fingerprint density at radius 1 is 1.46 bits per heavy atom. The molecule has 0 radical (unpaired) electrons. The monoisotopic (exact) mass is 213 g/mol. The van der Waals surface area contributed by atoms with E-state index < -0.39 is 0 Å². The van der Waals surface area contributed by atoms with Gasteiger partial charge in [-0.3, -0.25) is 0 Å². The molecule has 0 bridgehead atoms. The summed E-state index contributed by atoms with van der Waals surface area (Å²) in [6, 6.07) is 4.11. The van der Waals surface area contributed by atoms with Crippen molar-refractivity contribution in [2.75, 3.05) is 26.3 Å². The predicted octanol–water partition coefficient (Wildman–Crippen LogP) is 1.76. The first kappa shape index (κ1) is 9.12. The van der Waals surface area contributed by atoms with Crippen molar-refractivity contribution in [3.8, 4) is 0 Å². The molecule has 13 heavy (non-hydrogen) atoms. The highest BCUT2D eigenvalue weighted by molar-refractivity contribution is 7.81. The normalized spacial score (nSPS) is 17.4. The fourth-order valence-electron chi connectivity index (χ4n) is 1.32. The molecule has 0 aliphatic carbocycles. The molecule has 0 N–H and O–H groups in total. The molecule has 2 heterocycles. The van der Waals surface area contributed by atoms with E-state index in [2.05, 4.69) is 16.3 Å². The predicted molar refractivity (Wildman–Crippen MR) is 58.4 cm³/mol. The lowest BCUT2D eigenvalue weighted by molar-refractivity contribution is 0.0693. The smallest absolute Gasteiger partial charge is 0.119 e. The summed E-state index contributed by atoms with van der Waals surface area (Å²) in [4.78, 5) is 4.38. The maximum absolute atomic E-state index is 5.37. The van der Waals surface area contributed by atoms with Crippen LogP contribution in [0.3, 0.4) is 0 Å². The first-order chi connectivity index (χ1) is 6.38. The summed E-state index contributed by atoms with van der Waals surface area (Å²) in [6.45, 7) is 3.45. The fourth-order valence-corrected chi connectivity index (χ4v) is 2.41. The van der Waals surface area contributed by atoms with Crippen LogP contribution >= 0.6 is 23.6 Å². The van der Waals surface area contributed by atoms with Gasteiger partial charge in [0.05, 0.1) is 18.1 Å². The molecule has 1 aliphatic heterocycles. The first-order valence-electron chi connectivity index (χ1n) is 4.28. The van der Waals surface area contributed by atoms with Gasteiger partial charge in [0.15, 0.2) is 0 Å². The minimum atomic E-state index is 0.797. The van der Waals surface area contributed by atoms with Gasteiger partial charge < -0.3 is 9.64 Å². The standard InChI is InChI=1S/C9H11NOS2/c12-9(8-2-1-7-13-8)10-3-5-11-6-4-10/h1-2,7H,3-6H2. The highest BCUT2D eigenvalue weighted by Crippen LogP contribution is 2.14. The summed E-state index contributed by atoms with van der Waals surface area (Å²) >= 11 is 7.08. The SMILES string of the molecule is S=C(c1cccs1)N1CCOCC1. The Kier molecular flexibility index (Phi) is 2.93. The molecular weight excluding hydrogens is 202 g/mol. The molecule has 1 fully saturated rings. The van der Waals surface area contributed by atoms with Crippen LogP contribution in [0.25, 0.3) is 0 Å². The largest absolute Gasteiger partial charge is 0.378 e. The zero-order valence-corrected chi connectivity index (χ0v) is 8.87. The van der Waals surface area contributed by atoms with Crippen molar-refractivity contribution < 1.29 is 4.74 Å². The molecule has 2 nitrogen and oxygen atoms in total. The number of thiocarbonyl (C=S) groups is 1. The maximum atomic E-state index is 5.37. The van der Waals surface area contributed by atoms with E-state index in [9.17, 15) is 0 Å². The molecule has 0 unspecified atom stereocenters. The molecule has 0 amide bonds. The number of thiophene rings is 1. The Hall–Kier alpha value is -0.450. The van der Waals surface area contributed by atoms with Gasteiger partial charge >= 0.3 is 0 Å². The van der Waals surface area contributed by atoms with Crippen LogP contribution in [0.5, 0.6) is 0 Å². The highest BCUT2D eigenvalue weighted by atomic mass is 32.1. The number of morpholine rings is 1. The van der Waals surface area contributed by atoms with Gasteiger partial charge in [-0.1, -0.05) is 18.3 Å². The summed E-state index contributed by atoms with van der Waals surface area (Å²) in [5.74, 6) is 0. The van der Waals surface area contributed by atoms with Crippen LogP contribution in [0.4, 0.5) is 0 Å². The molecule has 0 aromatic carbocycles. The van der Waals surface area contributed by atoms with Gasteiger partial charge in [0.1, 0.15) is 4.99 Å². The van der Waals surface area contributed by atoms with Crippen molar-refractivity contribution in [3.63, 3.8) is 0 Å². The lowest BCUT2D eigenvalue weighted by Gasteiger charge is -2.28. The van der Waals surface area contributed by atoms with E-state index in [1.54, 1.807) is 11.3 Å². The number of ether oxygens (including phenoxy) is 1. The maximum Gasteiger partial charge on any atom is 0.119 e. The lowest BCUT2D eigenvalue weighted by Crippen LogP contribution is -2.39. The van der Waals surface area contributed by atoms with E-state index in [1.807, 2.05) is 6.07 Å². The summed E-state index contributed by atoms with van der Waals surface area (Å²) in [5, 5.41) is 2.06. The first-order valence-corrected chi connectivity index (χ1v) is 5.57. The topological polar surface area (TPSA) is 12.5 Å². The van der Waals surface area contributed by atoms with E-state index in [1.165, 1.54) is 4.88 Å².